The third kappa shape index (κ3) is 4.55. The fourth-order valence-corrected chi connectivity index (χ4v) is 4.80. The molecular formula is C24H27ClN4O5. The summed E-state index contributed by atoms with van der Waals surface area (Å²) in [6.45, 7) is 3.30. The van der Waals surface area contributed by atoms with Crippen LogP contribution in [0, 0.1) is 5.92 Å². The fraction of sp³-hybridized carbons (Fsp3) is 0.458. The first-order valence-corrected chi connectivity index (χ1v) is 11.7. The van der Waals surface area contributed by atoms with Gasteiger partial charge < -0.3 is 29.2 Å². The van der Waals surface area contributed by atoms with E-state index in [4.69, 9.17) is 25.5 Å². The number of anilines is 1. The number of benzene rings is 1. The number of aromatic nitrogens is 2. The predicted molar refractivity (Wildman–Crippen MR) is 126 cm³/mol. The molecule has 180 valence electrons. The van der Waals surface area contributed by atoms with Crippen molar-refractivity contribution in [2.24, 2.45) is 5.92 Å². The second-order valence-corrected chi connectivity index (χ2v) is 9.36. The molecule has 3 aromatic rings. The van der Waals surface area contributed by atoms with E-state index in [1.54, 1.807) is 30.5 Å². The number of aliphatic hydroxyl groups is 1. The highest BCUT2D eigenvalue weighted by molar-refractivity contribution is 6.30. The van der Waals surface area contributed by atoms with Gasteiger partial charge in [0.05, 0.1) is 44.2 Å². The second kappa shape index (κ2) is 9.40. The number of hydrogen-bond acceptors (Lipinski definition) is 8. The van der Waals surface area contributed by atoms with Crippen LogP contribution < -0.4 is 10.1 Å². The third-order valence-electron chi connectivity index (χ3n) is 6.48. The summed E-state index contributed by atoms with van der Waals surface area (Å²) in [6, 6.07) is 7.11. The molecule has 5 rings (SSSR count). The van der Waals surface area contributed by atoms with Gasteiger partial charge in [-0.2, -0.15) is 4.98 Å². The molecule has 1 saturated heterocycles. The maximum Gasteiger partial charge on any atom is 0.296 e. The molecule has 0 radical (unpaired) electrons. The quantitative estimate of drug-likeness (QED) is 0.544. The number of ether oxygens (including phenoxy) is 2. The van der Waals surface area contributed by atoms with Crippen LogP contribution in [0.1, 0.15) is 35.8 Å². The molecule has 2 unspecified atom stereocenters. The molecule has 0 spiro atoms. The number of methoxy groups -OCH3 is 1. The lowest BCUT2D eigenvalue weighted by Gasteiger charge is -2.47. The Hall–Kier alpha value is -2.88. The van der Waals surface area contributed by atoms with E-state index in [1.165, 1.54) is 7.11 Å². The third-order valence-corrected chi connectivity index (χ3v) is 6.72. The van der Waals surface area contributed by atoms with E-state index in [9.17, 15) is 9.90 Å². The minimum Gasteiger partial charge on any atom is -0.493 e. The monoisotopic (exact) mass is 486 g/mol. The lowest BCUT2D eigenvalue weighted by molar-refractivity contribution is -0.0894. The Labute approximate surface area is 202 Å². The normalized spacial score (nSPS) is 24.6. The van der Waals surface area contributed by atoms with Crippen LogP contribution in [0.3, 0.4) is 0 Å². The molecule has 2 aliphatic rings. The van der Waals surface area contributed by atoms with Crippen molar-refractivity contribution in [1.82, 2.24) is 14.9 Å². The van der Waals surface area contributed by atoms with Gasteiger partial charge in [0, 0.05) is 23.3 Å². The highest BCUT2D eigenvalue weighted by atomic mass is 35.5. The smallest absolute Gasteiger partial charge is 0.296 e. The van der Waals surface area contributed by atoms with E-state index < -0.39 is 0 Å². The zero-order valence-electron chi connectivity index (χ0n) is 19.0. The average Bonchev–Trinajstić information content (AvgIpc) is 3.23. The van der Waals surface area contributed by atoms with Crippen LogP contribution in [-0.2, 0) is 11.3 Å². The standard InChI is InChI=1S/C24H27ClN4O5/c1-13-11-29(20(12-33-13)14-5-18(30)6-14)23(31)15-7-19-22(21(8-15)32-2)34-24(28-19)27-10-17-9-16(25)3-4-26-17/h3-4,7-9,13-14,18,20,30H,5-6,10-12H2,1-2H3,(H,27,28). The van der Waals surface area contributed by atoms with Crippen molar-refractivity contribution in [2.75, 3.05) is 25.6 Å². The Morgan fingerprint density at radius 3 is 2.91 bits per heavy atom. The zero-order valence-corrected chi connectivity index (χ0v) is 19.8. The van der Waals surface area contributed by atoms with Crippen LogP contribution in [0.15, 0.2) is 34.9 Å². The molecular weight excluding hydrogens is 460 g/mol. The van der Waals surface area contributed by atoms with E-state index >= 15 is 0 Å². The summed E-state index contributed by atoms with van der Waals surface area (Å²) >= 11 is 6.02. The summed E-state index contributed by atoms with van der Waals surface area (Å²) in [5.74, 6) is 0.557. The van der Waals surface area contributed by atoms with Gasteiger partial charge in [-0.05, 0) is 49.9 Å². The number of carbonyl (C=O) groups is 1. The Balaban J connectivity index is 1.39. The fourth-order valence-electron chi connectivity index (χ4n) is 4.62. The van der Waals surface area contributed by atoms with Crippen molar-refractivity contribution in [3.8, 4) is 5.75 Å². The first kappa shape index (κ1) is 22.9. The minimum atomic E-state index is -0.291. The highest BCUT2D eigenvalue weighted by Gasteiger charge is 2.42. The van der Waals surface area contributed by atoms with Crippen LogP contribution in [0.25, 0.3) is 11.1 Å². The molecule has 10 heteroatoms. The topological polar surface area (TPSA) is 110 Å². The number of nitrogens with zero attached hydrogens (tertiary/aromatic N) is 3. The molecule has 1 aliphatic carbocycles. The van der Waals surface area contributed by atoms with Gasteiger partial charge >= 0.3 is 0 Å². The number of fused-ring (bicyclic) bond motifs is 1. The van der Waals surface area contributed by atoms with Crippen molar-refractivity contribution in [1.29, 1.82) is 0 Å². The molecule has 1 saturated carbocycles. The van der Waals surface area contributed by atoms with Gasteiger partial charge in [-0.25, -0.2) is 0 Å². The Kier molecular flexibility index (Phi) is 6.33. The Morgan fingerprint density at radius 1 is 1.35 bits per heavy atom. The average molecular weight is 487 g/mol. The first-order valence-electron chi connectivity index (χ1n) is 11.3. The number of carbonyl (C=O) groups excluding carboxylic acids is 1. The van der Waals surface area contributed by atoms with Gasteiger partial charge in [-0.15, -0.1) is 0 Å². The van der Waals surface area contributed by atoms with Crippen molar-refractivity contribution >= 4 is 34.6 Å². The van der Waals surface area contributed by atoms with Crippen LogP contribution in [0.5, 0.6) is 5.75 Å². The van der Waals surface area contributed by atoms with E-state index in [0.717, 1.165) is 5.69 Å². The number of morpholine rings is 1. The summed E-state index contributed by atoms with van der Waals surface area (Å²) in [4.78, 5) is 24.2. The van der Waals surface area contributed by atoms with Gasteiger partial charge in [0.25, 0.3) is 11.9 Å². The molecule has 3 heterocycles. The largest absolute Gasteiger partial charge is 0.493 e. The van der Waals surface area contributed by atoms with Crippen molar-refractivity contribution in [3.63, 3.8) is 0 Å². The van der Waals surface area contributed by atoms with Gasteiger partial charge in [0.2, 0.25) is 0 Å². The molecule has 2 fully saturated rings. The molecule has 2 N–H and O–H groups in total. The number of nitrogens with one attached hydrogen (secondary N) is 1. The summed E-state index contributed by atoms with van der Waals surface area (Å²) in [5, 5.41) is 13.5. The van der Waals surface area contributed by atoms with Gasteiger partial charge in [-0.3, -0.25) is 9.78 Å². The van der Waals surface area contributed by atoms with Crippen LogP contribution in [-0.4, -0.2) is 64.4 Å². The molecule has 1 aliphatic heterocycles. The van der Waals surface area contributed by atoms with E-state index in [1.807, 2.05) is 11.8 Å². The van der Waals surface area contributed by atoms with Gasteiger partial charge in [0.15, 0.2) is 11.3 Å². The summed E-state index contributed by atoms with van der Waals surface area (Å²) in [7, 11) is 1.53. The van der Waals surface area contributed by atoms with Gasteiger partial charge in [0.1, 0.15) is 5.52 Å². The van der Waals surface area contributed by atoms with E-state index in [-0.39, 0.29) is 30.1 Å². The molecule has 0 bridgehead atoms. The van der Waals surface area contributed by atoms with E-state index in [2.05, 4.69) is 15.3 Å². The second-order valence-electron chi connectivity index (χ2n) is 8.92. The number of aliphatic hydroxyl groups excluding tert-OH is 1. The Morgan fingerprint density at radius 2 is 2.18 bits per heavy atom. The molecule has 2 atom stereocenters. The molecule has 34 heavy (non-hydrogen) atoms. The lowest BCUT2D eigenvalue weighted by atomic mass is 9.76. The summed E-state index contributed by atoms with van der Waals surface area (Å²) in [6.07, 6.45) is 2.67. The van der Waals surface area contributed by atoms with Crippen LogP contribution >= 0.6 is 11.6 Å². The maximum absolute atomic E-state index is 13.6. The molecule has 1 aromatic carbocycles. The summed E-state index contributed by atoms with van der Waals surface area (Å²) in [5.41, 5.74) is 2.18. The van der Waals surface area contributed by atoms with Crippen molar-refractivity contribution in [3.05, 3.63) is 46.7 Å². The number of pyridine rings is 1. The molecule has 2 aromatic heterocycles. The van der Waals surface area contributed by atoms with Crippen molar-refractivity contribution < 1.29 is 23.8 Å². The number of halogens is 1. The molecule has 1 amide bonds. The zero-order chi connectivity index (χ0) is 23.8. The van der Waals surface area contributed by atoms with Crippen molar-refractivity contribution in [2.45, 2.75) is 44.6 Å². The van der Waals surface area contributed by atoms with E-state index in [0.29, 0.717) is 66.0 Å². The number of oxazole rings is 1. The Bertz CT molecular complexity index is 1200. The summed E-state index contributed by atoms with van der Waals surface area (Å²) < 4.78 is 17.2. The number of rotatable bonds is 6. The predicted octanol–water partition coefficient (Wildman–Crippen LogP) is 3.50. The number of hydrogen-bond donors (Lipinski definition) is 2. The van der Waals surface area contributed by atoms with Crippen LogP contribution in [0.4, 0.5) is 6.01 Å². The maximum atomic E-state index is 13.6. The first-order chi connectivity index (χ1) is 16.4. The highest BCUT2D eigenvalue weighted by Crippen LogP contribution is 2.36. The molecule has 9 nitrogen and oxygen atoms in total. The minimum absolute atomic E-state index is 0.0567. The van der Waals surface area contributed by atoms with Crippen LogP contribution in [0.2, 0.25) is 5.02 Å². The number of amides is 1. The SMILES string of the molecule is COc1cc(C(=O)N2CC(C)OCC2C2CC(O)C2)cc2nc(NCc3cc(Cl)ccn3)oc12. The lowest BCUT2D eigenvalue weighted by Crippen LogP contribution is -2.57. The van der Waals surface area contributed by atoms with Gasteiger partial charge in [-0.1, -0.05) is 11.6 Å².